The number of carbonyl (C=O) groups is 1. The minimum absolute atomic E-state index is 0. The summed E-state index contributed by atoms with van der Waals surface area (Å²) in [5.41, 5.74) is 5.93. The van der Waals surface area contributed by atoms with E-state index in [1.165, 1.54) is 12.1 Å². The molecule has 5 nitrogen and oxygen atoms in total. The van der Waals surface area contributed by atoms with Crippen molar-refractivity contribution in [1.29, 1.82) is 0 Å². The van der Waals surface area contributed by atoms with Crippen molar-refractivity contribution in [3.8, 4) is 11.6 Å². The first-order valence-corrected chi connectivity index (χ1v) is 7.86. The molecule has 1 amide bonds. The number of benzene rings is 1. The van der Waals surface area contributed by atoms with Crippen molar-refractivity contribution in [1.82, 2.24) is 10.3 Å². The average molecular weight is 368 g/mol. The van der Waals surface area contributed by atoms with Gasteiger partial charge in [-0.15, -0.1) is 12.4 Å². The molecule has 2 aromatic rings. The van der Waals surface area contributed by atoms with Gasteiger partial charge in [0.05, 0.1) is 5.54 Å². The summed E-state index contributed by atoms with van der Waals surface area (Å²) in [6.07, 6.45) is 3.06. The van der Waals surface area contributed by atoms with Crippen LogP contribution < -0.4 is 15.8 Å². The van der Waals surface area contributed by atoms with E-state index in [9.17, 15) is 9.18 Å². The first-order valence-electron chi connectivity index (χ1n) is 7.86. The lowest BCUT2D eigenvalue weighted by Crippen LogP contribution is -2.51. The summed E-state index contributed by atoms with van der Waals surface area (Å²) in [6.45, 7) is 4.04. The Balaban J connectivity index is 0.00000312. The maximum atomic E-state index is 13.1. The molecule has 3 N–H and O–H groups in total. The number of nitrogens with one attached hydrogen (secondary N) is 1. The van der Waals surface area contributed by atoms with Crippen molar-refractivity contribution in [2.45, 2.75) is 38.8 Å². The number of hydrogen-bond donors (Lipinski definition) is 2. The van der Waals surface area contributed by atoms with E-state index in [2.05, 4.69) is 10.3 Å². The van der Waals surface area contributed by atoms with Gasteiger partial charge in [-0.3, -0.25) is 4.79 Å². The first kappa shape index (κ1) is 20.9. The van der Waals surface area contributed by atoms with E-state index < -0.39 is 5.54 Å². The topological polar surface area (TPSA) is 77.2 Å². The quantitative estimate of drug-likeness (QED) is 0.784. The van der Waals surface area contributed by atoms with E-state index in [4.69, 9.17) is 10.5 Å². The Hall–Kier alpha value is -2.18. The zero-order valence-corrected chi connectivity index (χ0v) is 15.1. The molecule has 1 atom stereocenters. The molecule has 7 heteroatoms. The molecule has 1 aromatic carbocycles. The summed E-state index contributed by atoms with van der Waals surface area (Å²) >= 11 is 0. The molecule has 0 fully saturated rings. The van der Waals surface area contributed by atoms with Gasteiger partial charge in [0, 0.05) is 24.9 Å². The lowest BCUT2D eigenvalue weighted by atomic mass is 9.96. The summed E-state index contributed by atoms with van der Waals surface area (Å²) in [7, 11) is 0. The highest BCUT2D eigenvalue weighted by Gasteiger charge is 2.26. The second-order valence-electron chi connectivity index (χ2n) is 5.91. The lowest BCUT2D eigenvalue weighted by molar-refractivity contribution is -0.126. The van der Waals surface area contributed by atoms with Gasteiger partial charge in [0.1, 0.15) is 11.6 Å². The molecule has 0 aliphatic heterocycles. The van der Waals surface area contributed by atoms with Crippen molar-refractivity contribution < 1.29 is 13.9 Å². The van der Waals surface area contributed by atoms with Crippen molar-refractivity contribution in [2.75, 3.05) is 0 Å². The second kappa shape index (κ2) is 9.34. The molecule has 2 rings (SSSR count). The monoisotopic (exact) mass is 367 g/mol. The number of pyridine rings is 1. The van der Waals surface area contributed by atoms with E-state index in [0.29, 0.717) is 24.6 Å². The standard InChI is InChI=1S/C18H22FN3O2.ClH/c1-3-9-18(2,20)17(23)22-12-13-7-8-16(21-11-13)24-15-6-4-5-14(19)10-15;/h4-8,10-11H,3,9,12,20H2,1-2H3,(H,22,23);1H. The van der Waals surface area contributed by atoms with Gasteiger partial charge < -0.3 is 15.8 Å². The highest BCUT2D eigenvalue weighted by Crippen LogP contribution is 2.20. The van der Waals surface area contributed by atoms with Gasteiger partial charge >= 0.3 is 0 Å². The molecule has 0 saturated heterocycles. The molecule has 0 spiro atoms. The van der Waals surface area contributed by atoms with Gasteiger partial charge in [-0.05, 0) is 31.0 Å². The van der Waals surface area contributed by atoms with Crippen LogP contribution in [-0.2, 0) is 11.3 Å². The van der Waals surface area contributed by atoms with Crippen LogP contribution in [0.2, 0.25) is 0 Å². The zero-order valence-electron chi connectivity index (χ0n) is 14.3. The van der Waals surface area contributed by atoms with Gasteiger partial charge in [0.2, 0.25) is 11.8 Å². The Labute approximate surface area is 153 Å². The number of amides is 1. The molecule has 1 heterocycles. The van der Waals surface area contributed by atoms with E-state index in [1.54, 1.807) is 37.4 Å². The number of nitrogens with two attached hydrogens (primary N) is 1. The third kappa shape index (κ3) is 6.32. The van der Waals surface area contributed by atoms with Gasteiger partial charge in [0.25, 0.3) is 0 Å². The Kier molecular flexibility index (Phi) is 7.80. The first-order chi connectivity index (χ1) is 11.4. The molecule has 0 aliphatic rings. The van der Waals surface area contributed by atoms with Crippen LogP contribution in [0.25, 0.3) is 0 Å². The van der Waals surface area contributed by atoms with Crippen molar-refractivity contribution in [2.24, 2.45) is 5.73 Å². The largest absolute Gasteiger partial charge is 0.439 e. The van der Waals surface area contributed by atoms with E-state index >= 15 is 0 Å². The van der Waals surface area contributed by atoms with Gasteiger partial charge in [-0.1, -0.05) is 25.5 Å². The van der Waals surface area contributed by atoms with Crippen LogP contribution in [0.1, 0.15) is 32.3 Å². The highest BCUT2D eigenvalue weighted by molar-refractivity contribution is 5.85. The number of hydrogen-bond acceptors (Lipinski definition) is 4. The summed E-state index contributed by atoms with van der Waals surface area (Å²) in [4.78, 5) is 16.2. The minimum atomic E-state index is -0.872. The Morgan fingerprint density at radius 3 is 2.72 bits per heavy atom. The summed E-state index contributed by atoms with van der Waals surface area (Å²) in [5.74, 6) is 0.167. The molecule has 1 unspecified atom stereocenters. The van der Waals surface area contributed by atoms with Crippen molar-refractivity contribution >= 4 is 18.3 Å². The van der Waals surface area contributed by atoms with Crippen molar-refractivity contribution in [3.05, 3.63) is 54.0 Å². The Bertz CT molecular complexity index is 693. The fraction of sp³-hybridized carbons (Fsp3) is 0.333. The maximum Gasteiger partial charge on any atom is 0.240 e. The SMILES string of the molecule is CCCC(C)(N)C(=O)NCc1ccc(Oc2cccc(F)c2)nc1.Cl. The normalized spacial score (nSPS) is 12.6. The molecule has 0 saturated carbocycles. The van der Waals surface area contributed by atoms with Crippen LogP contribution in [0.15, 0.2) is 42.6 Å². The van der Waals surface area contributed by atoms with Gasteiger partial charge in [0.15, 0.2) is 0 Å². The number of nitrogens with zero attached hydrogens (tertiary/aromatic N) is 1. The summed E-state index contributed by atoms with van der Waals surface area (Å²) in [6, 6.07) is 9.29. The fourth-order valence-corrected chi connectivity index (χ4v) is 2.24. The molecular weight excluding hydrogens is 345 g/mol. The average Bonchev–Trinajstić information content (AvgIpc) is 2.54. The maximum absolute atomic E-state index is 13.1. The number of halogens is 2. The van der Waals surface area contributed by atoms with Crippen LogP contribution in [0, 0.1) is 5.82 Å². The molecule has 136 valence electrons. The molecule has 0 aliphatic carbocycles. The third-order valence-corrected chi connectivity index (χ3v) is 3.56. The van der Waals surface area contributed by atoms with Crippen LogP contribution in [0.3, 0.4) is 0 Å². The number of carbonyl (C=O) groups excluding carboxylic acids is 1. The number of aromatic nitrogens is 1. The predicted octanol–water partition coefficient (Wildman–Crippen LogP) is 3.57. The van der Waals surface area contributed by atoms with Crippen molar-refractivity contribution in [3.63, 3.8) is 0 Å². The second-order valence-corrected chi connectivity index (χ2v) is 5.91. The van der Waals surface area contributed by atoms with E-state index in [1.807, 2.05) is 6.92 Å². The number of rotatable bonds is 7. The molecule has 1 aromatic heterocycles. The zero-order chi connectivity index (χ0) is 17.6. The fourth-order valence-electron chi connectivity index (χ4n) is 2.24. The van der Waals surface area contributed by atoms with Gasteiger partial charge in [-0.25, -0.2) is 9.37 Å². The molecule has 25 heavy (non-hydrogen) atoms. The number of ether oxygens (including phenoxy) is 1. The summed E-state index contributed by atoms with van der Waals surface area (Å²) < 4.78 is 18.6. The molecular formula is C18H23ClFN3O2. The van der Waals surface area contributed by atoms with Crippen LogP contribution in [0.5, 0.6) is 11.6 Å². The minimum Gasteiger partial charge on any atom is -0.439 e. The van der Waals surface area contributed by atoms with E-state index in [-0.39, 0.29) is 24.1 Å². The Morgan fingerprint density at radius 1 is 1.36 bits per heavy atom. The van der Waals surface area contributed by atoms with Crippen LogP contribution in [-0.4, -0.2) is 16.4 Å². The summed E-state index contributed by atoms with van der Waals surface area (Å²) in [5, 5.41) is 2.81. The van der Waals surface area contributed by atoms with Gasteiger partial charge in [-0.2, -0.15) is 0 Å². The highest BCUT2D eigenvalue weighted by atomic mass is 35.5. The van der Waals surface area contributed by atoms with Crippen LogP contribution >= 0.6 is 12.4 Å². The Morgan fingerprint density at radius 2 is 2.12 bits per heavy atom. The molecule has 0 radical (unpaired) electrons. The molecule has 0 bridgehead atoms. The predicted molar refractivity (Wildman–Crippen MR) is 97.3 cm³/mol. The smallest absolute Gasteiger partial charge is 0.240 e. The van der Waals surface area contributed by atoms with Crippen LogP contribution in [0.4, 0.5) is 4.39 Å². The third-order valence-electron chi connectivity index (χ3n) is 3.56. The van der Waals surface area contributed by atoms with E-state index in [0.717, 1.165) is 12.0 Å². The lowest BCUT2D eigenvalue weighted by Gasteiger charge is -2.22.